The number of furan rings is 1. The molecule has 0 saturated carbocycles. The molecule has 0 bridgehead atoms. The van der Waals surface area contributed by atoms with Crippen molar-refractivity contribution in [1.29, 1.82) is 0 Å². The molecule has 0 N–H and O–H groups in total. The fourth-order valence-electron chi connectivity index (χ4n) is 4.45. The summed E-state index contributed by atoms with van der Waals surface area (Å²) in [5.74, 6) is 2.58. The second-order valence-corrected chi connectivity index (χ2v) is 8.67. The van der Waals surface area contributed by atoms with Crippen LogP contribution >= 0.6 is 12.2 Å². The van der Waals surface area contributed by atoms with E-state index in [0.717, 1.165) is 48.6 Å². The Bertz CT molecular complexity index is 1390. The molecule has 6 rings (SSSR count). The fourth-order valence-corrected chi connectivity index (χ4v) is 4.74. The third-order valence-electron chi connectivity index (χ3n) is 6.18. The first kappa shape index (κ1) is 20.1. The first-order valence-electron chi connectivity index (χ1n) is 11.1. The molecule has 2 aromatic carbocycles. The monoisotopic (exact) mass is 457 g/mol. The highest BCUT2D eigenvalue weighted by atomic mass is 32.1. The molecule has 0 spiro atoms. The van der Waals surface area contributed by atoms with Crippen molar-refractivity contribution in [2.24, 2.45) is 0 Å². The highest BCUT2D eigenvalue weighted by Crippen LogP contribution is 2.30. The molecule has 3 aromatic heterocycles. The minimum atomic E-state index is 0.335. The number of nitrogens with zero attached hydrogens (tertiary/aromatic N) is 5. The number of benzene rings is 2. The van der Waals surface area contributed by atoms with E-state index < -0.39 is 0 Å². The molecule has 1 aliphatic heterocycles. The number of aromatic nitrogens is 4. The van der Waals surface area contributed by atoms with Crippen LogP contribution < -0.4 is 0 Å². The van der Waals surface area contributed by atoms with Gasteiger partial charge in [-0.3, -0.25) is 9.47 Å². The summed E-state index contributed by atoms with van der Waals surface area (Å²) in [4.78, 5) is 7.08. The number of hydrogen-bond donors (Lipinski definition) is 0. The van der Waals surface area contributed by atoms with Crippen LogP contribution in [-0.4, -0.2) is 37.3 Å². The van der Waals surface area contributed by atoms with Gasteiger partial charge in [0.25, 0.3) is 0 Å². The summed E-state index contributed by atoms with van der Waals surface area (Å²) in [6.45, 7) is 2.49. The summed E-state index contributed by atoms with van der Waals surface area (Å²) >= 11 is 5.84. The van der Waals surface area contributed by atoms with Crippen LogP contribution in [0.25, 0.3) is 28.4 Å². The Balaban J connectivity index is 1.22. The second-order valence-electron chi connectivity index (χ2n) is 8.31. The number of piperidine rings is 1. The molecule has 4 heterocycles. The lowest BCUT2D eigenvalue weighted by molar-refractivity contribution is 0.153. The van der Waals surface area contributed by atoms with E-state index >= 15 is 0 Å². The van der Waals surface area contributed by atoms with E-state index in [4.69, 9.17) is 31.1 Å². The average molecular weight is 458 g/mol. The second kappa shape index (κ2) is 8.46. The van der Waals surface area contributed by atoms with Gasteiger partial charge in [0.15, 0.2) is 17.2 Å². The van der Waals surface area contributed by atoms with E-state index in [9.17, 15) is 0 Å². The number of oxazole rings is 1. The quantitative estimate of drug-likeness (QED) is 0.318. The van der Waals surface area contributed by atoms with Gasteiger partial charge < -0.3 is 8.83 Å². The van der Waals surface area contributed by atoms with Crippen molar-refractivity contribution in [3.05, 3.63) is 83.7 Å². The van der Waals surface area contributed by atoms with Crippen LogP contribution in [0.3, 0.4) is 0 Å². The predicted molar refractivity (Wildman–Crippen MR) is 128 cm³/mol. The highest BCUT2D eigenvalue weighted by molar-refractivity contribution is 7.71. The normalized spacial score (nSPS) is 15.4. The Hall–Kier alpha value is -3.49. The molecule has 0 amide bonds. The fraction of sp³-hybridized carbons (Fsp3) is 0.240. The molecule has 0 atom stereocenters. The van der Waals surface area contributed by atoms with Gasteiger partial charge in [-0.25, -0.2) is 9.67 Å². The molecule has 1 saturated heterocycles. The van der Waals surface area contributed by atoms with Crippen molar-refractivity contribution in [3.8, 4) is 17.3 Å². The van der Waals surface area contributed by atoms with Crippen molar-refractivity contribution >= 4 is 23.3 Å². The largest absolute Gasteiger partial charge is 0.461 e. The number of fused-ring (bicyclic) bond motifs is 1. The highest BCUT2D eigenvalue weighted by Gasteiger charge is 2.26. The van der Waals surface area contributed by atoms with Crippen molar-refractivity contribution in [1.82, 2.24) is 24.2 Å². The van der Waals surface area contributed by atoms with Crippen molar-refractivity contribution in [2.75, 3.05) is 13.1 Å². The van der Waals surface area contributed by atoms with Crippen LogP contribution in [0.4, 0.5) is 0 Å². The third-order valence-corrected chi connectivity index (χ3v) is 6.57. The number of hydrogen-bond acceptors (Lipinski definition) is 6. The molecule has 7 nitrogen and oxygen atoms in total. The Labute approximate surface area is 195 Å². The lowest BCUT2D eigenvalue weighted by Gasteiger charge is -2.30. The zero-order valence-corrected chi connectivity index (χ0v) is 18.8. The van der Waals surface area contributed by atoms with Crippen LogP contribution in [-0.2, 0) is 6.67 Å². The number of rotatable bonds is 5. The first-order chi connectivity index (χ1) is 16.3. The molecular weight excluding hydrogens is 434 g/mol. The molecule has 0 radical (unpaired) electrons. The maximum absolute atomic E-state index is 6.01. The van der Waals surface area contributed by atoms with Crippen molar-refractivity contribution in [2.45, 2.75) is 25.4 Å². The van der Waals surface area contributed by atoms with Crippen LogP contribution in [0.15, 0.2) is 81.8 Å². The maximum atomic E-state index is 6.01. The smallest absolute Gasteiger partial charge is 0.204 e. The Morgan fingerprint density at radius 3 is 2.48 bits per heavy atom. The van der Waals surface area contributed by atoms with E-state index in [1.807, 2.05) is 76.0 Å². The summed E-state index contributed by atoms with van der Waals surface area (Å²) in [6, 6.07) is 21.8. The Kier molecular flexibility index (Phi) is 5.16. The summed E-state index contributed by atoms with van der Waals surface area (Å²) < 4.78 is 16.2. The van der Waals surface area contributed by atoms with E-state index in [1.165, 1.54) is 0 Å². The average Bonchev–Trinajstić information content (AvgIpc) is 3.59. The molecule has 0 unspecified atom stereocenters. The van der Waals surface area contributed by atoms with Gasteiger partial charge >= 0.3 is 0 Å². The first-order valence-corrected chi connectivity index (χ1v) is 11.5. The Morgan fingerprint density at radius 1 is 0.939 bits per heavy atom. The van der Waals surface area contributed by atoms with Gasteiger partial charge in [0.1, 0.15) is 5.52 Å². The number of para-hydroxylation sites is 3. The zero-order valence-electron chi connectivity index (χ0n) is 18.0. The molecule has 1 fully saturated rings. The van der Waals surface area contributed by atoms with Crippen molar-refractivity contribution < 1.29 is 8.83 Å². The summed E-state index contributed by atoms with van der Waals surface area (Å²) in [6.07, 6.45) is 3.64. The minimum absolute atomic E-state index is 0.335. The van der Waals surface area contributed by atoms with E-state index in [0.29, 0.717) is 28.9 Å². The molecular formula is C25H23N5O2S. The topological polar surface area (TPSA) is 65.2 Å². The van der Waals surface area contributed by atoms with Gasteiger partial charge in [-0.05, 0) is 61.5 Å². The van der Waals surface area contributed by atoms with E-state index in [1.54, 1.807) is 6.26 Å². The van der Waals surface area contributed by atoms with Gasteiger partial charge in [0.05, 0.1) is 18.6 Å². The summed E-state index contributed by atoms with van der Waals surface area (Å²) in [5.41, 5.74) is 2.76. The summed E-state index contributed by atoms with van der Waals surface area (Å²) in [5, 5.41) is 4.84. The molecule has 5 aromatic rings. The lowest BCUT2D eigenvalue weighted by Crippen LogP contribution is -2.35. The number of likely N-dealkylation sites (tertiary alicyclic amines) is 1. The molecule has 1 aliphatic rings. The van der Waals surface area contributed by atoms with Gasteiger partial charge in [-0.1, -0.05) is 30.3 Å². The Morgan fingerprint density at radius 2 is 1.73 bits per heavy atom. The predicted octanol–water partition coefficient (Wildman–Crippen LogP) is 5.64. The lowest BCUT2D eigenvalue weighted by atomic mass is 9.97. The third kappa shape index (κ3) is 3.81. The van der Waals surface area contributed by atoms with Crippen LogP contribution in [0.2, 0.25) is 0 Å². The molecule has 166 valence electrons. The van der Waals surface area contributed by atoms with Gasteiger partial charge in [-0.15, -0.1) is 5.10 Å². The van der Waals surface area contributed by atoms with Crippen LogP contribution in [0, 0.1) is 4.77 Å². The standard InChI is InChI=1S/C25H23N5O2S/c33-25-29(27-23(22-11-6-16-31-22)30(25)19-7-2-1-3-8-19)17-28-14-12-18(13-15-28)24-26-20-9-4-5-10-21(20)32-24/h1-11,16,18H,12-15,17H2. The van der Waals surface area contributed by atoms with Gasteiger partial charge in [0, 0.05) is 19.0 Å². The summed E-state index contributed by atoms with van der Waals surface area (Å²) in [7, 11) is 0. The zero-order chi connectivity index (χ0) is 22.2. The van der Waals surface area contributed by atoms with Gasteiger partial charge in [0.2, 0.25) is 10.6 Å². The maximum Gasteiger partial charge on any atom is 0.204 e. The van der Waals surface area contributed by atoms with Crippen LogP contribution in [0.1, 0.15) is 24.7 Å². The minimum Gasteiger partial charge on any atom is -0.461 e. The van der Waals surface area contributed by atoms with Crippen LogP contribution in [0.5, 0.6) is 0 Å². The SMILES string of the molecule is S=c1n(CN2CCC(c3nc4ccccc4o3)CC2)nc(-c2ccco2)n1-c1ccccc1. The molecule has 33 heavy (non-hydrogen) atoms. The van der Waals surface area contributed by atoms with E-state index in [2.05, 4.69) is 4.90 Å². The van der Waals surface area contributed by atoms with Gasteiger partial charge in [-0.2, -0.15) is 0 Å². The molecule has 0 aliphatic carbocycles. The van der Waals surface area contributed by atoms with Crippen molar-refractivity contribution in [3.63, 3.8) is 0 Å². The molecule has 8 heteroatoms. The van der Waals surface area contributed by atoms with E-state index in [-0.39, 0.29) is 0 Å².